The van der Waals surface area contributed by atoms with Gasteiger partial charge < -0.3 is 20.4 Å². The Morgan fingerprint density at radius 3 is 2.40 bits per heavy atom. The number of aryl methyl sites for hydroxylation is 1. The zero-order valence-electron chi connectivity index (χ0n) is 17.5. The van der Waals surface area contributed by atoms with Crippen molar-refractivity contribution >= 4 is 40.7 Å². The molecule has 0 radical (unpaired) electrons. The molecular formula is C22H26ClN7. The maximum Gasteiger partial charge on any atom is 0.229 e. The number of halogens is 1. The highest BCUT2D eigenvalue weighted by Gasteiger charge is 2.23. The molecule has 1 aromatic carbocycles. The molecule has 1 saturated heterocycles. The van der Waals surface area contributed by atoms with Crippen molar-refractivity contribution in [3.05, 3.63) is 58.7 Å². The molecule has 8 heteroatoms. The van der Waals surface area contributed by atoms with Crippen LogP contribution in [0.15, 0.2) is 42.6 Å². The fourth-order valence-electron chi connectivity index (χ4n) is 3.65. The van der Waals surface area contributed by atoms with E-state index in [0.29, 0.717) is 16.8 Å². The maximum atomic E-state index is 6.49. The van der Waals surface area contributed by atoms with Gasteiger partial charge in [-0.3, -0.25) is 0 Å². The average Bonchev–Trinajstić information content (AvgIpc) is 2.76. The smallest absolute Gasteiger partial charge is 0.229 e. The summed E-state index contributed by atoms with van der Waals surface area (Å²) in [5.74, 6) is 2.88. The summed E-state index contributed by atoms with van der Waals surface area (Å²) in [5.41, 5.74) is 9.10. The Balaban J connectivity index is 1.58. The SMILES string of the molecule is Cc1ccc(N(C)c2nc(N3CCN(c4ccccn4)CC3)nc(N)c2C)c(Cl)c1. The van der Waals surface area contributed by atoms with Crippen molar-refractivity contribution in [1.82, 2.24) is 15.0 Å². The first-order valence-corrected chi connectivity index (χ1v) is 10.4. The van der Waals surface area contributed by atoms with E-state index in [1.807, 2.05) is 68.4 Å². The van der Waals surface area contributed by atoms with Gasteiger partial charge in [0.1, 0.15) is 17.5 Å². The Bertz CT molecular complexity index is 1030. The number of hydrogen-bond acceptors (Lipinski definition) is 7. The summed E-state index contributed by atoms with van der Waals surface area (Å²) in [4.78, 5) is 20.3. The Hall–Kier alpha value is -3.06. The number of nitrogens with two attached hydrogens (primary N) is 1. The minimum atomic E-state index is 0.484. The molecule has 0 spiro atoms. The molecule has 156 valence electrons. The number of benzene rings is 1. The minimum Gasteiger partial charge on any atom is -0.383 e. The predicted molar refractivity (Wildman–Crippen MR) is 124 cm³/mol. The predicted octanol–water partition coefficient (Wildman–Crippen LogP) is 3.82. The third-order valence-electron chi connectivity index (χ3n) is 5.46. The number of rotatable bonds is 4. The Morgan fingerprint density at radius 2 is 1.73 bits per heavy atom. The van der Waals surface area contributed by atoms with Crippen molar-refractivity contribution in [3.63, 3.8) is 0 Å². The van der Waals surface area contributed by atoms with Gasteiger partial charge in [0, 0.05) is 45.0 Å². The van der Waals surface area contributed by atoms with Crippen LogP contribution in [0.3, 0.4) is 0 Å². The molecular weight excluding hydrogens is 398 g/mol. The first kappa shape index (κ1) is 20.2. The van der Waals surface area contributed by atoms with Crippen LogP contribution in [0.2, 0.25) is 5.02 Å². The van der Waals surface area contributed by atoms with Gasteiger partial charge in [-0.25, -0.2) is 4.98 Å². The zero-order chi connectivity index (χ0) is 21.3. The molecule has 0 bridgehead atoms. The van der Waals surface area contributed by atoms with Crippen LogP contribution in [0.1, 0.15) is 11.1 Å². The lowest BCUT2D eigenvalue weighted by molar-refractivity contribution is 0.635. The van der Waals surface area contributed by atoms with E-state index in [0.717, 1.165) is 54.6 Å². The molecule has 7 nitrogen and oxygen atoms in total. The molecule has 2 N–H and O–H groups in total. The molecule has 2 aromatic heterocycles. The topological polar surface area (TPSA) is 74.4 Å². The van der Waals surface area contributed by atoms with Gasteiger partial charge in [0.05, 0.1) is 10.7 Å². The number of piperazine rings is 1. The molecule has 1 fully saturated rings. The van der Waals surface area contributed by atoms with Crippen LogP contribution >= 0.6 is 11.6 Å². The summed E-state index contributed by atoms with van der Waals surface area (Å²) >= 11 is 6.49. The first-order valence-electron chi connectivity index (χ1n) is 9.99. The first-order chi connectivity index (χ1) is 14.4. The van der Waals surface area contributed by atoms with E-state index in [9.17, 15) is 0 Å². The van der Waals surface area contributed by atoms with Crippen LogP contribution < -0.4 is 20.4 Å². The lowest BCUT2D eigenvalue weighted by Gasteiger charge is -2.36. The third kappa shape index (κ3) is 3.98. The largest absolute Gasteiger partial charge is 0.383 e. The van der Waals surface area contributed by atoms with Crippen LogP contribution in [0.5, 0.6) is 0 Å². The fraction of sp³-hybridized carbons (Fsp3) is 0.318. The summed E-state index contributed by atoms with van der Waals surface area (Å²) in [6.07, 6.45) is 1.82. The number of anilines is 5. The third-order valence-corrected chi connectivity index (χ3v) is 5.77. The normalized spacial score (nSPS) is 14.1. The van der Waals surface area contributed by atoms with E-state index in [-0.39, 0.29) is 0 Å². The van der Waals surface area contributed by atoms with Gasteiger partial charge in [0.15, 0.2) is 0 Å². The van der Waals surface area contributed by atoms with Crippen LogP contribution in [0.25, 0.3) is 0 Å². The highest BCUT2D eigenvalue weighted by molar-refractivity contribution is 6.33. The second-order valence-electron chi connectivity index (χ2n) is 7.53. The van der Waals surface area contributed by atoms with Crippen molar-refractivity contribution in [1.29, 1.82) is 0 Å². The van der Waals surface area contributed by atoms with E-state index in [1.54, 1.807) is 0 Å². The molecule has 0 amide bonds. The number of nitrogen functional groups attached to an aromatic ring is 1. The molecule has 1 aliphatic rings. The summed E-state index contributed by atoms with van der Waals surface area (Å²) in [6.45, 7) is 7.26. The number of aromatic nitrogens is 3. The summed E-state index contributed by atoms with van der Waals surface area (Å²) in [6, 6.07) is 12.0. The zero-order valence-corrected chi connectivity index (χ0v) is 18.3. The van der Waals surface area contributed by atoms with Crippen molar-refractivity contribution in [2.45, 2.75) is 13.8 Å². The summed E-state index contributed by atoms with van der Waals surface area (Å²) < 4.78 is 0. The van der Waals surface area contributed by atoms with E-state index in [1.165, 1.54) is 0 Å². The van der Waals surface area contributed by atoms with Gasteiger partial charge in [-0.15, -0.1) is 0 Å². The van der Waals surface area contributed by atoms with Gasteiger partial charge in [0.25, 0.3) is 0 Å². The summed E-state index contributed by atoms with van der Waals surface area (Å²) in [7, 11) is 1.95. The average molecular weight is 424 g/mol. The number of pyridine rings is 1. The molecule has 4 rings (SSSR count). The van der Waals surface area contributed by atoms with Crippen molar-refractivity contribution in [3.8, 4) is 0 Å². The molecule has 1 aliphatic heterocycles. The van der Waals surface area contributed by atoms with Gasteiger partial charge in [-0.05, 0) is 43.7 Å². The van der Waals surface area contributed by atoms with Gasteiger partial charge in [-0.2, -0.15) is 9.97 Å². The van der Waals surface area contributed by atoms with E-state index in [2.05, 4.69) is 19.8 Å². The minimum absolute atomic E-state index is 0.484. The summed E-state index contributed by atoms with van der Waals surface area (Å²) in [5, 5.41) is 0.680. The fourth-order valence-corrected chi connectivity index (χ4v) is 4.01. The van der Waals surface area contributed by atoms with Crippen molar-refractivity contribution < 1.29 is 0 Å². The van der Waals surface area contributed by atoms with Crippen molar-refractivity contribution in [2.75, 3.05) is 53.7 Å². The van der Waals surface area contributed by atoms with Gasteiger partial charge in [0.2, 0.25) is 5.95 Å². The van der Waals surface area contributed by atoms with Crippen LogP contribution in [-0.4, -0.2) is 48.2 Å². The quantitative estimate of drug-likeness (QED) is 0.683. The lowest BCUT2D eigenvalue weighted by atomic mass is 10.2. The maximum absolute atomic E-state index is 6.49. The monoisotopic (exact) mass is 423 g/mol. The van der Waals surface area contributed by atoms with Crippen LogP contribution in [0.4, 0.5) is 29.1 Å². The van der Waals surface area contributed by atoms with E-state index >= 15 is 0 Å². The Kier molecular flexibility index (Phi) is 5.63. The Morgan fingerprint density at radius 1 is 1.00 bits per heavy atom. The molecule has 0 aliphatic carbocycles. The second-order valence-corrected chi connectivity index (χ2v) is 7.94. The van der Waals surface area contributed by atoms with E-state index in [4.69, 9.17) is 22.3 Å². The molecule has 30 heavy (non-hydrogen) atoms. The van der Waals surface area contributed by atoms with Gasteiger partial charge in [-0.1, -0.05) is 23.7 Å². The number of hydrogen-bond donors (Lipinski definition) is 1. The van der Waals surface area contributed by atoms with Crippen LogP contribution in [0, 0.1) is 13.8 Å². The highest BCUT2D eigenvalue weighted by Crippen LogP contribution is 2.34. The standard InChI is InChI=1S/C22H26ClN7/c1-15-7-8-18(17(23)14-15)28(3)21-16(2)20(24)26-22(27-21)30-12-10-29(11-13-30)19-6-4-5-9-25-19/h4-9,14H,10-13H2,1-3H3,(H2,24,26,27). The molecule has 0 saturated carbocycles. The van der Waals surface area contributed by atoms with Gasteiger partial charge >= 0.3 is 0 Å². The highest BCUT2D eigenvalue weighted by atomic mass is 35.5. The number of nitrogens with zero attached hydrogens (tertiary/aromatic N) is 6. The van der Waals surface area contributed by atoms with E-state index < -0.39 is 0 Å². The molecule has 0 atom stereocenters. The Labute approximate surface area is 182 Å². The van der Waals surface area contributed by atoms with Crippen LogP contribution in [-0.2, 0) is 0 Å². The molecule has 3 aromatic rings. The molecule has 0 unspecified atom stereocenters. The van der Waals surface area contributed by atoms with Crippen molar-refractivity contribution in [2.24, 2.45) is 0 Å². The lowest BCUT2D eigenvalue weighted by Crippen LogP contribution is -2.47. The molecule has 3 heterocycles. The second kappa shape index (κ2) is 8.36.